The summed E-state index contributed by atoms with van der Waals surface area (Å²) in [5.41, 5.74) is 8.75. The van der Waals surface area contributed by atoms with Gasteiger partial charge in [0, 0.05) is 24.8 Å². The third kappa shape index (κ3) is 3.62. The van der Waals surface area contributed by atoms with Crippen molar-refractivity contribution in [3.8, 4) is 0 Å². The number of aliphatic hydroxyl groups is 2. The second-order valence-electron chi connectivity index (χ2n) is 6.60. The molecule has 0 bridgehead atoms. The van der Waals surface area contributed by atoms with Crippen LogP contribution in [-0.2, 0) is 15.0 Å². The third-order valence-electron chi connectivity index (χ3n) is 5.11. The molecule has 1 saturated heterocycles. The van der Waals surface area contributed by atoms with Crippen molar-refractivity contribution < 1.29 is 19.7 Å². The molecule has 3 N–H and O–H groups in total. The molecule has 1 aromatic heterocycles. The summed E-state index contributed by atoms with van der Waals surface area (Å²) in [5, 5.41) is 28.4. The van der Waals surface area contributed by atoms with E-state index in [-0.39, 0.29) is 0 Å². The number of aliphatic hydroxyl groups excluding tert-OH is 2. The Kier molecular flexibility index (Phi) is 6.85. The smallest absolute Gasteiger partial charge is 0.134 e. The van der Waals surface area contributed by atoms with Crippen LogP contribution in [0.5, 0.6) is 0 Å². The summed E-state index contributed by atoms with van der Waals surface area (Å²) in [6.07, 6.45) is 0.790. The van der Waals surface area contributed by atoms with Crippen LogP contribution in [0.4, 0.5) is 0 Å². The standard InChI is InChI=1S/C17H22ClN5O4S/c1-26-15-16(28)27-12(8-24)14(25)17(15,22-23-19)11-6-10(18)7-21-13(11)9-2-4-20-5-3-9/h2,6-7,12,14-16,20,24-25,28H,3-5,8H2,1H3/t12-,14+,15+,16-,17+/m0/s1. The van der Waals surface area contributed by atoms with Crippen molar-refractivity contribution in [3.05, 3.63) is 45.1 Å². The first kappa shape index (κ1) is 21.4. The molecular weight excluding hydrogens is 406 g/mol. The Morgan fingerprint density at radius 3 is 3.00 bits per heavy atom. The average molecular weight is 428 g/mol. The van der Waals surface area contributed by atoms with E-state index in [2.05, 4.69) is 33.0 Å². The summed E-state index contributed by atoms with van der Waals surface area (Å²) in [5.74, 6) is 0. The second kappa shape index (κ2) is 8.98. The lowest BCUT2D eigenvalue weighted by Gasteiger charge is -2.49. The summed E-state index contributed by atoms with van der Waals surface area (Å²) in [6.45, 7) is 0.937. The van der Waals surface area contributed by atoms with Crippen LogP contribution in [0.1, 0.15) is 17.7 Å². The predicted molar refractivity (Wildman–Crippen MR) is 107 cm³/mol. The molecule has 0 aromatic carbocycles. The van der Waals surface area contributed by atoms with Crippen LogP contribution < -0.4 is 5.32 Å². The van der Waals surface area contributed by atoms with Gasteiger partial charge in [-0.05, 0) is 35.7 Å². The quantitative estimate of drug-likeness (QED) is 0.244. The highest BCUT2D eigenvalue weighted by Gasteiger charge is 2.58. The van der Waals surface area contributed by atoms with Crippen molar-refractivity contribution in [1.29, 1.82) is 0 Å². The SMILES string of the molecule is CO[C@@H]1[C@H](S)O[C@@H](CO)[C@@H](O)[C@]1(N=[N+]=[N-])c1cc(Cl)cnc1C1=CCNCC1. The van der Waals surface area contributed by atoms with E-state index < -0.39 is 35.9 Å². The van der Waals surface area contributed by atoms with Crippen molar-refractivity contribution in [2.45, 2.75) is 35.7 Å². The molecule has 0 radical (unpaired) electrons. The van der Waals surface area contributed by atoms with Crippen LogP contribution in [0, 0.1) is 0 Å². The minimum Gasteiger partial charge on any atom is -0.394 e. The van der Waals surface area contributed by atoms with Gasteiger partial charge in [0.2, 0.25) is 0 Å². The Morgan fingerprint density at radius 1 is 1.61 bits per heavy atom. The van der Waals surface area contributed by atoms with Crippen LogP contribution in [-0.4, -0.2) is 65.8 Å². The lowest BCUT2D eigenvalue weighted by atomic mass is 9.74. The zero-order valence-corrected chi connectivity index (χ0v) is 16.8. The van der Waals surface area contributed by atoms with Crippen LogP contribution in [0.3, 0.4) is 0 Å². The molecule has 28 heavy (non-hydrogen) atoms. The maximum absolute atomic E-state index is 11.1. The topological polar surface area (TPSA) is 133 Å². The summed E-state index contributed by atoms with van der Waals surface area (Å²) in [4.78, 5) is 7.46. The van der Waals surface area contributed by atoms with E-state index in [9.17, 15) is 15.7 Å². The van der Waals surface area contributed by atoms with E-state index >= 15 is 0 Å². The first-order valence-corrected chi connectivity index (χ1v) is 9.66. The Hall–Kier alpha value is -1.36. The number of azide groups is 1. The highest BCUT2D eigenvalue weighted by Crippen LogP contribution is 2.46. The average Bonchev–Trinajstić information content (AvgIpc) is 2.71. The number of rotatable bonds is 5. The molecule has 3 heterocycles. The fourth-order valence-electron chi connectivity index (χ4n) is 3.83. The number of halogens is 1. The van der Waals surface area contributed by atoms with Crippen LogP contribution >= 0.6 is 24.2 Å². The summed E-state index contributed by atoms with van der Waals surface area (Å²) >= 11 is 10.6. The van der Waals surface area contributed by atoms with Gasteiger partial charge in [-0.1, -0.05) is 22.8 Å². The van der Waals surface area contributed by atoms with Crippen molar-refractivity contribution in [2.24, 2.45) is 5.11 Å². The summed E-state index contributed by atoms with van der Waals surface area (Å²) in [7, 11) is 1.41. The maximum atomic E-state index is 11.1. The zero-order valence-electron chi connectivity index (χ0n) is 15.2. The minimum atomic E-state index is -1.65. The van der Waals surface area contributed by atoms with Crippen molar-refractivity contribution >= 4 is 29.8 Å². The number of methoxy groups -OCH3 is 1. The molecule has 0 unspecified atom stereocenters. The van der Waals surface area contributed by atoms with Crippen molar-refractivity contribution in [3.63, 3.8) is 0 Å². The first-order chi connectivity index (χ1) is 13.5. The predicted octanol–water partition coefficient (Wildman–Crippen LogP) is 1.64. The van der Waals surface area contributed by atoms with Gasteiger partial charge in [-0.3, -0.25) is 4.98 Å². The lowest BCUT2D eigenvalue weighted by Crippen LogP contribution is -2.63. The minimum absolute atomic E-state index is 0.311. The number of aromatic nitrogens is 1. The van der Waals surface area contributed by atoms with Crippen LogP contribution in [0.2, 0.25) is 5.02 Å². The van der Waals surface area contributed by atoms with Crippen LogP contribution in [0.15, 0.2) is 23.5 Å². The van der Waals surface area contributed by atoms with Gasteiger partial charge in [-0.2, -0.15) is 0 Å². The van der Waals surface area contributed by atoms with Gasteiger partial charge in [-0.15, -0.1) is 12.6 Å². The van der Waals surface area contributed by atoms with E-state index in [0.717, 1.165) is 12.1 Å². The molecule has 2 aliphatic rings. The molecule has 0 amide bonds. The molecule has 2 aliphatic heterocycles. The Balaban J connectivity index is 2.30. The Bertz CT molecular complexity index is 806. The molecule has 152 valence electrons. The van der Waals surface area contributed by atoms with E-state index in [1.54, 1.807) is 6.07 Å². The van der Waals surface area contributed by atoms with Gasteiger partial charge in [0.1, 0.15) is 29.3 Å². The van der Waals surface area contributed by atoms with E-state index in [1.165, 1.54) is 13.3 Å². The fraction of sp³-hybridized carbons (Fsp3) is 0.588. The molecule has 1 aromatic rings. The van der Waals surface area contributed by atoms with E-state index in [0.29, 0.717) is 29.2 Å². The Labute approximate surface area is 172 Å². The normalized spacial score (nSPS) is 33.1. The molecule has 0 aliphatic carbocycles. The molecule has 3 rings (SSSR count). The molecule has 1 fully saturated rings. The van der Waals surface area contributed by atoms with Gasteiger partial charge in [0.15, 0.2) is 0 Å². The fourth-order valence-corrected chi connectivity index (χ4v) is 4.49. The van der Waals surface area contributed by atoms with Gasteiger partial charge in [0.25, 0.3) is 0 Å². The Morgan fingerprint density at radius 2 is 2.39 bits per heavy atom. The largest absolute Gasteiger partial charge is 0.394 e. The number of hydrogen-bond acceptors (Lipinski definition) is 8. The van der Waals surface area contributed by atoms with E-state index in [1.807, 2.05) is 6.08 Å². The second-order valence-corrected chi connectivity index (χ2v) is 7.54. The first-order valence-electron chi connectivity index (χ1n) is 8.77. The summed E-state index contributed by atoms with van der Waals surface area (Å²) in [6, 6.07) is 1.61. The summed E-state index contributed by atoms with van der Waals surface area (Å²) < 4.78 is 11.1. The van der Waals surface area contributed by atoms with Crippen molar-refractivity contribution in [2.75, 3.05) is 26.8 Å². The van der Waals surface area contributed by atoms with Crippen molar-refractivity contribution in [1.82, 2.24) is 10.3 Å². The van der Waals surface area contributed by atoms with Gasteiger partial charge >= 0.3 is 0 Å². The zero-order chi connectivity index (χ0) is 20.3. The molecule has 11 heteroatoms. The van der Waals surface area contributed by atoms with Crippen LogP contribution in [0.25, 0.3) is 16.0 Å². The van der Waals surface area contributed by atoms with Gasteiger partial charge < -0.3 is 25.0 Å². The number of hydrogen-bond donors (Lipinski definition) is 4. The third-order valence-corrected chi connectivity index (χ3v) is 5.71. The highest BCUT2D eigenvalue weighted by atomic mass is 35.5. The number of ether oxygens (including phenoxy) is 2. The molecule has 0 spiro atoms. The monoisotopic (exact) mass is 427 g/mol. The molecular formula is C17H22ClN5O4S. The molecule has 5 atom stereocenters. The van der Waals surface area contributed by atoms with Gasteiger partial charge in [0.05, 0.1) is 17.3 Å². The molecule has 9 nitrogen and oxygen atoms in total. The number of thiol groups is 1. The number of pyridine rings is 1. The lowest BCUT2D eigenvalue weighted by molar-refractivity contribution is -0.201. The highest BCUT2D eigenvalue weighted by molar-refractivity contribution is 7.80. The maximum Gasteiger partial charge on any atom is 0.134 e. The molecule has 0 saturated carbocycles. The van der Waals surface area contributed by atoms with E-state index in [4.69, 9.17) is 21.1 Å². The number of nitrogens with zero attached hydrogens (tertiary/aromatic N) is 4. The number of nitrogens with one attached hydrogen (secondary N) is 1. The van der Waals surface area contributed by atoms with Gasteiger partial charge in [-0.25, -0.2) is 0 Å².